The normalized spacial score (nSPS) is 11.0. The molecule has 0 aromatic heterocycles. The minimum Gasteiger partial charge on any atom is -0.759 e. The van der Waals surface area contributed by atoms with Gasteiger partial charge in [-0.05, 0) is 59.7 Å². The fraction of sp³-hybridized carbons (Fsp3) is 0.136. The number of nitrogens with one attached hydrogen (secondary N) is 1. The number of nitrogens with zero attached hydrogens (tertiary/aromatic N) is 1. The van der Waals surface area contributed by atoms with Gasteiger partial charge in [-0.15, -0.1) is 0 Å². The van der Waals surface area contributed by atoms with Gasteiger partial charge in [0, 0.05) is 23.1 Å². The minimum atomic E-state index is -3.83. The van der Waals surface area contributed by atoms with Gasteiger partial charge in [-0.25, -0.2) is 8.42 Å². The molecule has 162 valence electrons. The predicted molar refractivity (Wildman–Crippen MR) is 121 cm³/mol. The van der Waals surface area contributed by atoms with Crippen LogP contribution in [-0.2, 0) is 23.1 Å². The summed E-state index contributed by atoms with van der Waals surface area (Å²) in [6, 6.07) is 19.8. The smallest absolute Gasteiger partial charge is 0.759 e. The maximum atomic E-state index is 13.4. The van der Waals surface area contributed by atoms with Crippen molar-refractivity contribution in [1.82, 2.24) is 9.79 Å². The van der Waals surface area contributed by atoms with Crippen molar-refractivity contribution < 1.29 is 47.5 Å². The third kappa shape index (κ3) is 6.64. The fourth-order valence-electron chi connectivity index (χ4n) is 2.94. The minimum absolute atomic E-state index is 0. The SMILES string of the molecule is COc1ccc(S(=O)(=O)N(Cc2ccc(Br)cc2)Cc2ccc(C(=O)N[O-])cc2)cc1.[Na+]. The van der Waals surface area contributed by atoms with Gasteiger partial charge in [0.1, 0.15) is 5.75 Å². The van der Waals surface area contributed by atoms with Gasteiger partial charge in [-0.1, -0.05) is 40.2 Å². The van der Waals surface area contributed by atoms with Crippen LogP contribution in [0.2, 0.25) is 0 Å². The molecule has 0 atom stereocenters. The molecule has 0 aliphatic heterocycles. The second-order valence-electron chi connectivity index (χ2n) is 6.70. The zero-order valence-corrected chi connectivity index (χ0v) is 22.0. The first kappa shape index (κ1) is 26.5. The Labute approximate surface area is 217 Å². The molecule has 0 fully saturated rings. The number of sulfonamides is 1. The van der Waals surface area contributed by atoms with Gasteiger partial charge in [0.05, 0.1) is 12.0 Å². The van der Waals surface area contributed by atoms with E-state index in [4.69, 9.17) is 4.74 Å². The number of methoxy groups -OCH3 is 1. The summed E-state index contributed by atoms with van der Waals surface area (Å²) >= 11 is 3.38. The second-order valence-corrected chi connectivity index (χ2v) is 9.56. The molecule has 1 N–H and O–H groups in total. The molecular formula is C22H20BrN2NaO5S. The van der Waals surface area contributed by atoms with Gasteiger partial charge in [-0.3, -0.25) is 4.79 Å². The zero-order valence-electron chi connectivity index (χ0n) is 17.6. The van der Waals surface area contributed by atoms with E-state index in [1.807, 2.05) is 24.3 Å². The number of benzene rings is 3. The van der Waals surface area contributed by atoms with Crippen LogP contribution in [-0.4, -0.2) is 25.7 Å². The van der Waals surface area contributed by atoms with E-state index in [0.717, 1.165) is 10.0 Å². The van der Waals surface area contributed by atoms with Crippen LogP contribution in [0.3, 0.4) is 0 Å². The molecule has 0 saturated carbocycles. The summed E-state index contributed by atoms with van der Waals surface area (Å²) in [5, 5.41) is 10.6. The Hall–Kier alpha value is -1.72. The number of carbonyl (C=O) groups is 1. The summed E-state index contributed by atoms with van der Waals surface area (Å²) in [5.41, 5.74) is 3.03. The van der Waals surface area contributed by atoms with Crippen molar-refractivity contribution in [2.24, 2.45) is 0 Å². The third-order valence-electron chi connectivity index (χ3n) is 4.64. The van der Waals surface area contributed by atoms with Crippen LogP contribution < -0.4 is 39.8 Å². The van der Waals surface area contributed by atoms with E-state index in [9.17, 15) is 18.4 Å². The van der Waals surface area contributed by atoms with E-state index in [0.29, 0.717) is 11.3 Å². The van der Waals surface area contributed by atoms with E-state index in [2.05, 4.69) is 15.9 Å². The van der Waals surface area contributed by atoms with Gasteiger partial charge in [-0.2, -0.15) is 4.31 Å². The molecule has 10 heteroatoms. The molecule has 3 aromatic rings. The first-order valence-electron chi connectivity index (χ1n) is 9.23. The maximum Gasteiger partial charge on any atom is 1.00 e. The molecule has 0 saturated heterocycles. The fourth-order valence-corrected chi connectivity index (χ4v) is 4.62. The van der Waals surface area contributed by atoms with Gasteiger partial charge in [0.2, 0.25) is 15.9 Å². The summed E-state index contributed by atoms with van der Waals surface area (Å²) in [6.45, 7) is 0.244. The zero-order chi connectivity index (χ0) is 22.4. The Morgan fingerprint density at radius 2 is 1.44 bits per heavy atom. The molecule has 0 bridgehead atoms. The summed E-state index contributed by atoms with van der Waals surface area (Å²) < 4.78 is 34.2. The number of halogens is 1. The molecule has 0 heterocycles. The Morgan fingerprint density at radius 3 is 1.91 bits per heavy atom. The average molecular weight is 527 g/mol. The Balaban J connectivity index is 0.00000363. The number of hydrogen-bond acceptors (Lipinski definition) is 5. The molecule has 1 amide bonds. The summed E-state index contributed by atoms with van der Waals surface area (Å²) in [6.07, 6.45) is 0. The number of hydroxylamine groups is 1. The predicted octanol–water partition coefficient (Wildman–Crippen LogP) is 1.08. The van der Waals surface area contributed by atoms with Crippen molar-refractivity contribution in [2.45, 2.75) is 18.0 Å². The van der Waals surface area contributed by atoms with E-state index in [1.54, 1.807) is 24.3 Å². The van der Waals surface area contributed by atoms with Crippen LogP contribution >= 0.6 is 15.9 Å². The molecule has 32 heavy (non-hydrogen) atoms. The molecule has 0 aliphatic carbocycles. The quantitative estimate of drug-likeness (QED) is 0.349. The molecule has 0 spiro atoms. The second kappa shape index (κ2) is 11.9. The first-order valence-corrected chi connectivity index (χ1v) is 11.5. The topological polar surface area (TPSA) is 98.8 Å². The van der Waals surface area contributed by atoms with E-state index >= 15 is 0 Å². The molecule has 0 radical (unpaired) electrons. The number of amides is 1. The summed E-state index contributed by atoms with van der Waals surface area (Å²) in [4.78, 5) is 11.6. The van der Waals surface area contributed by atoms with Crippen molar-refractivity contribution in [2.75, 3.05) is 7.11 Å². The Morgan fingerprint density at radius 1 is 0.938 bits per heavy atom. The Bertz CT molecular complexity index is 1140. The largest absolute Gasteiger partial charge is 1.00 e. The van der Waals surface area contributed by atoms with Crippen molar-refractivity contribution in [3.8, 4) is 5.75 Å². The van der Waals surface area contributed by atoms with Crippen molar-refractivity contribution in [3.05, 3.63) is 99.2 Å². The van der Waals surface area contributed by atoms with Crippen LogP contribution in [0.1, 0.15) is 21.5 Å². The summed E-state index contributed by atoms with van der Waals surface area (Å²) in [7, 11) is -2.31. The van der Waals surface area contributed by atoms with Crippen molar-refractivity contribution >= 4 is 31.9 Å². The third-order valence-corrected chi connectivity index (χ3v) is 6.97. The number of rotatable bonds is 8. The molecule has 0 aliphatic rings. The van der Waals surface area contributed by atoms with Gasteiger partial charge < -0.3 is 15.4 Å². The molecule has 3 rings (SSSR count). The van der Waals surface area contributed by atoms with Crippen LogP contribution in [0.4, 0.5) is 0 Å². The van der Waals surface area contributed by atoms with Gasteiger partial charge in [0.25, 0.3) is 0 Å². The number of hydrogen-bond donors (Lipinski definition) is 1. The van der Waals surface area contributed by atoms with Crippen molar-refractivity contribution in [3.63, 3.8) is 0 Å². The first-order chi connectivity index (χ1) is 14.8. The van der Waals surface area contributed by atoms with Crippen LogP contribution in [0.15, 0.2) is 82.2 Å². The van der Waals surface area contributed by atoms with Gasteiger partial charge in [0.15, 0.2) is 0 Å². The van der Waals surface area contributed by atoms with Crippen LogP contribution in [0.5, 0.6) is 5.75 Å². The standard InChI is InChI=1S/C22H20BrN2O5S.Na/c1-30-20-10-12-21(13-11-20)31(28,29)25(15-17-4-8-19(23)9-5-17)14-16-2-6-18(7-3-16)22(26)24-27;/h2-13H,14-15H2,1H3,(H-,24,26,27);/q-1;+1. The Kier molecular flexibility index (Phi) is 9.90. The molecular weight excluding hydrogens is 507 g/mol. The number of ether oxygens (including phenoxy) is 1. The monoisotopic (exact) mass is 526 g/mol. The molecule has 0 unspecified atom stereocenters. The summed E-state index contributed by atoms with van der Waals surface area (Å²) in [5.74, 6) is -0.185. The van der Waals surface area contributed by atoms with Crippen LogP contribution in [0, 0.1) is 5.21 Å². The van der Waals surface area contributed by atoms with Crippen molar-refractivity contribution in [1.29, 1.82) is 0 Å². The van der Waals surface area contributed by atoms with E-state index in [-0.39, 0.29) is 53.1 Å². The van der Waals surface area contributed by atoms with E-state index in [1.165, 1.54) is 41.2 Å². The van der Waals surface area contributed by atoms with E-state index < -0.39 is 15.9 Å². The average Bonchev–Trinajstić information content (AvgIpc) is 2.80. The molecule has 7 nitrogen and oxygen atoms in total. The maximum absolute atomic E-state index is 13.4. The van der Waals surface area contributed by atoms with Gasteiger partial charge >= 0.3 is 29.6 Å². The molecule has 3 aromatic carbocycles. The number of carbonyl (C=O) groups excluding carboxylic acids is 1. The van der Waals surface area contributed by atoms with Crippen LogP contribution in [0.25, 0.3) is 0 Å².